The van der Waals surface area contributed by atoms with E-state index in [9.17, 15) is 14.7 Å². The standard InChI is InChI=1S/C28H36N4O3S/c33-22-14-19-13-21(22)25-24(19)27(34)32(28(25)35)16-18-6-2-1-5-17(18)15-30-9-11-31(12-10-30)26-20-7-3-4-8-23(20)36-29-26/h3-4,7-8,17-19,21-22,24-25,33H,1-2,5-6,9-16H2/t17-,18-,19-,21+,22+,24+,25-/m0/s1/i9D2,10D2,11D2,12D2. The minimum Gasteiger partial charge on any atom is -0.393 e. The molecular formula is C28H36N4O3S. The number of aromatic nitrogens is 1. The molecule has 0 radical (unpaired) electrons. The lowest BCUT2D eigenvalue weighted by atomic mass is 9.78. The third kappa shape index (κ3) is 3.71. The Morgan fingerprint density at radius 1 is 0.972 bits per heavy atom. The number of rotatable bonds is 5. The summed E-state index contributed by atoms with van der Waals surface area (Å²) in [5.74, 6) is -2.44. The summed E-state index contributed by atoms with van der Waals surface area (Å²) in [4.78, 5) is 29.5. The van der Waals surface area contributed by atoms with Gasteiger partial charge in [0.15, 0.2) is 0 Å². The number of benzene rings is 1. The van der Waals surface area contributed by atoms with E-state index in [1.165, 1.54) is 4.90 Å². The molecule has 3 heterocycles. The number of aliphatic hydroxyl groups excluding tert-OH is 1. The fraction of sp³-hybridized carbons (Fsp3) is 0.679. The number of hydrogen-bond donors (Lipinski definition) is 1. The van der Waals surface area contributed by atoms with Crippen molar-refractivity contribution in [1.82, 2.24) is 14.2 Å². The van der Waals surface area contributed by atoms with Gasteiger partial charge in [-0.3, -0.25) is 19.4 Å². The molecule has 3 saturated carbocycles. The van der Waals surface area contributed by atoms with Crippen LogP contribution in [-0.2, 0) is 9.59 Å². The van der Waals surface area contributed by atoms with Gasteiger partial charge in [-0.15, -0.1) is 0 Å². The number of nitrogens with zero attached hydrogens (tertiary/aromatic N) is 4. The van der Waals surface area contributed by atoms with Crippen LogP contribution < -0.4 is 4.90 Å². The first-order valence-electron chi connectivity index (χ1n) is 17.1. The van der Waals surface area contributed by atoms with E-state index in [0.717, 1.165) is 24.4 Å². The Labute approximate surface area is 227 Å². The molecule has 2 aliphatic heterocycles. The van der Waals surface area contributed by atoms with Crippen LogP contribution in [-0.4, -0.2) is 76.3 Å². The van der Waals surface area contributed by atoms with Crippen molar-refractivity contribution >= 4 is 39.3 Å². The molecule has 2 aromatic rings. The lowest BCUT2D eigenvalue weighted by Crippen LogP contribution is -2.49. The molecule has 36 heavy (non-hydrogen) atoms. The fourth-order valence-electron chi connectivity index (χ4n) is 7.41. The van der Waals surface area contributed by atoms with Gasteiger partial charge in [-0.2, -0.15) is 4.37 Å². The summed E-state index contributed by atoms with van der Waals surface area (Å²) in [6.45, 7) is -12.2. The first-order valence-corrected chi connectivity index (χ1v) is 13.8. The van der Waals surface area contributed by atoms with Gasteiger partial charge in [-0.1, -0.05) is 25.0 Å². The Morgan fingerprint density at radius 2 is 1.69 bits per heavy atom. The van der Waals surface area contributed by atoms with Crippen LogP contribution in [0.15, 0.2) is 24.3 Å². The number of amides is 2. The molecule has 8 heteroatoms. The molecule has 2 amide bonds. The van der Waals surface area contributed by atoms with Crippen molar-refractivity contribution in [2.45, 2.75) is 44.6 Å². The fourth-order valence-corrected chi connectivity index (χ4v) is 8.17. The van der Waals surface area contributed by atoms with Gasteiger partial charge in [0.05, 0.1) is 28.1 Å². The van der Waals surface area contributed by atoms with E-state index in [1.54, 1.807) is 24.3 Å². The number of piperazine rings is 1. The zero-order valence-corrected chi connectivity index (χ0v) is 20.8. The van der Waals surface area contributed by atoms with Crippen LogP contribution >= 0.6 is 11.5 Å². The van der Waals surface area contributed by atoms with E-state index >= 15 is 0 Å². The first kappa shape index (κ1) is 16.0. The van der Waals surface area contributed by atoms with Crippen molar-refractivity contribution in [1.29, 1.82) is 0 Å². The topological polar surface area (TPSA) is 77.0 Å². The third-order valence-electron chi connectivity index (χ3n) is 9.14. The number of carbonyl (C=O) groups excluding carboxylic acids is 2. The highest BCUT2D eigenvalue weighted by Gasteiger charge is 2.63. The summed E-state index contributed by atoms with van der Waals surface area (Å²) in [7, 11) is 0. The lowest BCUT2D eigenvalue weighted by Gasteiger charge is -2.40. The van der Waals surface area contributed by atoms with Crippen LogP contribution in [0, 0.1) is 35.5 Å². The number of hydrogen-bond acceptors (Lipinski definition) is 7. The number of likely N-dealkylation sites (tertiary alicyclic amines) is 1. The average Bonchev–Trinajstić information content (AvgIpc) is 3.70. The number of fused-ring (bicyclic) bond motifs is 6. The van der Waals surface area contributed by atoms with Gasteiger partial charge in [0.2, 0.25) is 11.8 Å². The summed E-state index contributed by atoms with van der Waals surface area (Å²) < 4.78 is 76.7. The Hall–Kier alpha value is -2.03. The first-order chi connectivity index (χ1) is 20.6. The quantitative estimate of drug-likeness (QED) is 0.615. The molecule has 0 unspecified atom stereocenters. The van der Waals surface area contributed by atoms with E-state index in [0.29, 0.717) is 45.6 Å². The van der Waals surface area contributed by atoms with Gasteiger partial charge < -0.3 is 10.0 Å². The minimum absolute atomic E-state index is 0.00121. The van der Waals surface area contributed by atoms with Gasteiger partial charge in [0, 0.05) is 49.9 Å². The van der Waals surface area contributed by atoms with E-state index in [-0.39, 0.29) is 48.5 Å². The van der Waals surface area contributed by atoms with Gasteiger partial charge in [0.1, 0.15) is 5.82 Å². The predicted molar refractivity (Wildman–Crippen MR) is 140 cm³/mol. The van der Waals surface area contributed by atoms with Crippen LogP contribution in [0.2, 0.25) is 0 Å². The van der Waals surface area contributed by atoms with E-state index < -0.39 is 49.8 Å². The minimum atomic E-state index is -3.03. The average molecular weight is 517 g/mol. The molecular weight excluding hydrogens is 472 g/mol. The van der Waals surface area contributed by atoms with Crippen LogP contribution in [0.4, 0.5) is 5.82 Å². The van der Waals surface area contributed by atoms with E-state index in [1.807, 2.05) is 0 Å². The van der Waals surface area contributed by atoms with E-state index in [4.69, 9.17) is 11.0 Å². The normalized spacial score (nSPS) is 45.8. The van der Waals surface area contributed by atoms with Crippen LogP contribution in [0.25, 0.3) is 10.1 Å². The molecule has 7 atom stereocenters. The van der Waals surface area contributed by atoms with Crippen LogP contribution in [0.1, 0.15) is 49.5 Å². The maximum atomic E-state index is 13.5. The van der Waals surface area contributed by atoms with Crippen molar-refractivity contribution in [3.8, 4) is 0 Å². The smallest absolute Gasteiger partial charge is 0.233 e. The highest BCUT2D eigenvalue weighted by Crippen LogP contribution is 2.56. The molecule has 0 spiro atoms. The summed E-state index contributed by atoms with van der Waals surface area (Å²) in [5.41, 5.74) is 0. The second-order valence-corrected chi connectivity index (χ2v) is 11.8. The zero-order chi connectivity index (χ0) is 31.6. The summed E-state index contributed by atoms with van der Waals surface area (Å²) in [6.07, 6.45) is 3.40. The monoisotopic (exact) mass is 516 g/mol. The largest absolute Gasteiger partial charge is 0.393 e. The molecule has 3 aliphatic carbocycles. The molecule has 7 nitrogen and oxygen atoms in total. The molecule has 7 rings (SSSR count). The van der Waals surface area contributed by atoms with Gasteiger partial charge >= 0.3 is 0 Å². The highest BCUT2D eigenvalue weighted by atomic mass is 32.1. The molecule has 1 aromatic heterocycles. The second-order valence-electron chi connectivity index (χ2n) is 11.0. The van der Waals surface area contributed by atoms with Gasteiger partial charge in [0.25, 0.3) is 0 Å². The van der Waals surface area contributed by atoms with Crippen molar-refractivity contribution in [2.24, 2.45) is 35.5 Å². The number of aliphatic hydroxyl groups is 1. The van der Waals surface area contributed by atoms with Crippen molar-refractivity contribution in [2.75, 3.05) is 44.0 Å². The zero-order valence-electron chi connectivity index (χ0n) is 28.0. The van der Waals surface area contributed by atoms with Crippen LogP contribution in [0.5, 0.6) is 0 Å². The Balaban J connectivity index is 1.18. The Morgan fingerprint density at radius 3 is 2.50 bits per heavy atom. The van der Waals surface area contributed by atoms with Gasteiger partial charge in [-0.05, 0) is 73.0 Å². The lowest BCUT2D eigenvalue weighted by molar-refractivity contribution is -0.142. The van der Waals surface area contributed by atoms with Crippen molar-refractivity contribution < 1.29 is 25.7 Å². The molecule has 1 N–H and O–H groups in total. The van der Waals surface area contributed by atoms with Crippen LogP contribution in [0.3, 0.4) is 0 Å². The van der Waals surface area contributed by atoms with Gasteiger partial charge in [-0.25, -0.2) is 0 Å². The summed E-state index contributed by atoms with van der Waals surface area (Å²) >= 11 is 1.01. The predicted octanol–water partition coefficient (Wildman–Crippen LogP) is 3.23. The maximum absolute atomic E-state index is 13.5. The van der Waals surface area contributed by atoms with E-state index in [2.05, 4.69) is 4.37 Å². The summed E-state index contributed by atoms with van der Waals surface area (Å²) in [6, 6.07) is 6.81. The number of carbonyl (C=O) groups is 2. The second kappa shape index (κ2) is 9.07. The van der Waals surface area contributed by atoms with Crippen molar-refractivity contribution in [3.63, 3.8) is 0 Å². The maximum Gasteiger partial charge on any atom is 0.233 e. The summed E-state index contributed by atoms with van der Waals surface area (Å²) in [5, 5.41) is 10.8. The molecule has 5 fully saturated rings. The number of anilines is 1. The molecule has 2 saturated heterocycles. The Kier molecular flexibility index (Phi) is 4.04. The molecule has 2 bridgehead atoms. The number of imide groups is 1. The molecule has 1 aromatic carbocycles. The molecule has 192 valence electrons. The Bertz CT molecular complexity index is 1480. The van der Waals surface area contributed by atoms with Crippen molar-refractivity contribution in [3.05, 3.63) is 24.3 Å². The third-order valence-corrected chi connectivity index (χ3v) is 9.95. The highest BCUT2D eigenvalue weighted by molar-refractivity contribution is 7.13. The molecule has 5 aliphatic rings. The SMILES string of the molecule is [2H]C1([2H])N(C[C@@H]2CCCC[C@H]2CN2C(=O)[C@@H]3[C@H]4C[C@@H]([C@@H]3C2=O)[C@H](O)C4)C([2H])([2H])C([2H])([2H])N(c2nsc3ccccc23)C1([2H])[2H].